The Kier molecular flexibility index (Phi) is 4.67. The van der Waals surface area contributed by atoms with Crippen LogP contribution < -0.4 is 5.32 Å². The van der Waals surface area contributed by atoms with Crippen molar-refractivity contribution in [3.63, 3.8) is 0 Å². The Hall–Kier alpha value is -1.55. The van der Waals surface area contributed by atoms with Crippen LogP contribution in [0.15, 0.2) is 30.3 Å². The molecular weight excluding hydrogens is 278 g/mol. The van der Waals surface area contributed by atoms with Gasteiger partial charge in [-0.25, -0.2) is 4.79 Å². The lowest BCUT2D eigenvalue weighted by Gasteiger charge is -2.28. The molecule has 22 heavy (non-hydrogen) atoms. The van der Waals surface area contributed by atoms with Gasteiger partial charge in [0, 0.05) is 12.0 Å². The Balaban J connectivity index is 1.46. The molecule has 1 amide bonds. The summed E-state index contributed by atoms with van der Waals surface area (Å²) in [6, 6.07) is 9.65. The highest BCUT2D eigenvalue weighted by atomic mass is 16.5. The number of carbonyl (C=O) groups is 1. The molecule has 0 aromatic heterocycles. The lowest BCUT2D eigenvalue weighted by atomic mass is 9.84. The first-order chi connectivity index (χ1) is 10.7. The summed E-state index contributed by atoms with van der Waals surface area (Å²) < 4.78 is 5.24. The number of carbonyl (C=O) groups excluding carboxylic acids is 1. The molecule has 2 aliphatic rings. The van der Waals surface area contributed by atoms with Crippen molar-refractivity contribution in [3.05, 3.63) is 35.9 Å². The molecule has 1 aromatic carbocycles. The van der Waals surface area contributed by atoms with E-state index >= 15 is 0 Å². The molecule has 0 aliphatic heterocycles. The molecule has 4 nitrogen and oxygen atoms in total. The molecule has 3 rings (SSSR count). The van der Waals surface area contributed by atoms with E-state index in [1.807, 2.05) is 30.3 Å². The molecule has 1 aromatic rings. The summed E-state index contributed by atoms with van der Waals surface area (Å²) in [4.78, 5) is 11.9. The van der Waals surface area contributed by atoms with Crippen molar-refractivity contribution in [2.45, 2.75) is 38.7 Å². The summed E-state index contributed by atoms with van der Waals surface area (Å²) in [6.07, 6.45) is 5.56. The fraction of sp³-hybridized carbons (Fsp3) is 0.611. The van der Waals surface area contributed by atoms with Crippen LogP contribution in [0.5, 0.6) is 0 Å². The number of alkyl carbamates (subject to hydrolysis) is 1. The molecule has 4 heteroatoms. The van der Waals surface area contributed by atoms with Gasteiger partial charge in [0.1, 0.15) is 6.61 Å². The molecule has 0 bridgehead atoms. The van der Waals surface area contributed by atoms with Crippen LogP contribution in [0.3, 0.4) is 0 Å². The summed E-state index contributed by atoms with van der Waals surface area (Å²) >= 11 is 0. The van der Waals surface area contributed by atoms with Gasteiger partial charge in [0.25, 0.3) is 0 Å². The Morgan fingerprint density at radius 1 is 1.23 bits per heavy atom. The molecule has 0 spiro atoms. The molecular formula is C18H25NO3. The third-order valence-corrected chi connectivity index (χ3v) is 5.36. The minimum atomic E-state index is -0.395. The highest BCUT2D eigenvalue weighted by Gasteiger charge is 2.46. The summed E-state index contributed by atoms with van der Waals surface area (Å²) in [5, 5.41) is 12.7. The summed E-state index contributed by atoms with van der Waals surface area (Å²) in [6.45, 7) is 0.952. The number of aliphatic hydroxyl groups is 1. The van der Waals surface area contributed by atoms with Crippen LogP contribution in [-0.2, 0) is 11.3 Å². The number of aliphatic hydroxyl groups excluding tert-OH is 1. The molecule has 0 radical (unpaired) electrons. The van der Waals surface area contributed by atoms with Crippen LogP contribution in [-0.4, -0.2) is 24.4 Å². The van der Waals surface area contributed by atoms with Gasteiger partial charge in [-0.3, -0.25) is 0 Å². The van der Waals surface area contributed by atoms with E-state index < -0.39 is 6.09 Å². The van der Waals surface area contributed by atoms with Gasteiger partial charge < -0.3 is 15.2 Å². The number of ether oxygens (including phenoxy) is 1. The van der Waals surface area contributed by atoms with Crippen molar-refractivity contribution in [1.82, 2.24) is 5.32 Å². The second-order valence-electron chi connectivity index (χ2n) is 6.93. The van der Waals surface area contributed by atoms with Gasteiger partial charge in [0.05, 0.1) is 6.61 Å². The van der Waals surface area contributed by atoms with Crippen LogP contribution in [0.25, 0.3) is 0 Å². The van der Waals surface area contributed by atoms with Crippen molar-refractivity contribution in [2.24, 2.45) is 17.3 Å². The van der Waals surface area contributed by atoms with Crippen LogP contribution in [0, 0.1) is 17.3 Å². The van der Waals surface area contributed by atoms with Gasteiger partial charge in [-0.15, -0.1) is 0 Å². The zero-order valence-corrected chi connectivity index (χ0v) is 13.0. The lowest BCUT2D eigenvalue weighted by molar-refractivity contribution is 0.104. The second-order valence-corrected chi connectivity index (χ2v) is 6.93. The molecule has 2 atom stereocenters. The highest BCUT2D eigenvalue weighted by molar-refractivity contribution is 5.67. The molecule has 2 saturated carbocycles. The highest BCUT2D eigenvalue weighted by Crippen LogP contribution is 2.52. The largest absolute Gasteiger partial charge is 0.445 e. The van der Waals surface area contributed by atoms with E-state index in [9.17, 15) is 9.90 Å². The lowest BCUT2D eigenvalue weighted by Crippen LogP contribution is -2.39. The minimum Gasteiger partial charge on any atom is -0.445 e. The topological polar surface area (TPSA) is 58.6 Å². The number of rotatable bonds is 5. The maximum Gasteiger partial charge on any atom is 0.407 e. The van der Waals surface area contributed by atoms with Crippen LogP contribution in [0.4, 0.5) is 4.79 Å². The van der Waals surface area contributed by atoms with Crippen LogP contribution >= 0.6 is 0 Å². The van der Waals surface area contributed by atoms with E-state index in [0.717, 1.165) is 30.2 Å². The van der Waals surface area contributed by atoms with Gasteiger partial charge in [0.2, 0.25) is 0 Å². The van der Waals surface area contributed by atoms with E-state index in [2.05, 4.69) is 5.32 Å². The summed E-state index contributed by atoms with van der Waals surface area (Å²) in [7, 11) is 0. The number of nitrogens with one attached hydrogen (secondary N) is 1. The standard InChI is InChI=1S/C18H25NO3/c20-13-18(9-15-7-4-8-16(15)10-18)12-19-17(21)22-11-14-5-2-1-3-6-14/h1-3,5-6,15-16,20H,4,7-13H2,(H,19,21). The Morgan fingerprint density at radius 2 is 1.91 bits per heavy atom. The average molecular weight is 303 g/mol. The van der Waals surface area contributed by atoms with Crippen LogP contribution in [0.1, 0.15) is 37.7 Å². The number of hydrogen-bond acceptors (Lipinski definition) is 3. The fourth-order valence-electron chi connectivity index (χ4n) is 4.21. The number of amides is 1. The van der Waals surface area contributed by atoms with Crippen molar-refractivity contribution < 1.29 is 14.6 Å². The monoisotopic (exact) mass is 303 g/mol. The van der Waals surface area contributed by atoms with E-state index in [1.165, 1.54) is 19.3 Å². The Morgan fingerprint density at radius 3 is 2.55 bits per heavy atom. The predicted octanol–water partition coefficient (Wildman–Crippen LogP) is 3.10. The maximum absolute atomic E-state index is 11.9. The third-order valence-electron chi connectivity index (χ3n) is 5.36. The van der Waals surface area contributed by atoms with Gasteiger partial charge in [-0.2, -0.15) is 0 Å². The molecule has 0 saturated heterocycles. The number of fused-ring (bicyclic) bond motifs is 1. The van der Waals surface area contributed by atoms with Crippen molar-refractivity contribution in [1.29, 1.82) is 0 Å². The fourth-order valence-corrected chi connectivity index (χ4v) is 4.21. The van der Waals surface area contributed by atoms with Crippen molar-refractivity contribution >= 4 is 6.09 Å². The first-order valence-electron chi connectivity index (χ1n) is 8.26. The molecule has 2 N–H and O–H groups in total. The van der Waals surface area contributed by atoms with Gasteiger partial charge in [-0.1, -0.05) is 49.6 Å². The SMILES string of the molecule is O=C(NCC1(CO)CC2CCCC2C1)OCc1ccccc1. The smallest absolute Gasteiger partial charge is 0.407 e. The number of benzene rings is 1. The van der Waals surface area contributed by atoms with E-state index in [-0.39, 0.29) is 18.6 Å². The first-order valence-corrected chi connectivity index (χ1v) is 8.26. The van der Waals surface area contributed by atoms with Gasteiger partial charge in [0.15, 0.2) is 0 Å². The normalized spacial score (nSPS) is 30.0. The molecule has 0 heterocycles. The van der Waals surface area contributed by atoms with Crippen molar-refractivity contribution in [2.75, 3.05) is 13.2 Å². The maximum atomic E-state index is 11.9. The Labute approximate surface area is 131 Å². The van der Waals surface area contributed by atoms with Gasteiger partial charge in [-0.05, 0) is 30.2 Å². The minimum absolute atomic E-state index is 0.137. The quantitative estimate of drug-likeness (QED) is 0.878. The molecule has 120 valence electrons. The summed E-state index contributed by atoms with van der Waals surface area (Å²) in [5.74, 6) is 1.49. The molecule has 2 unspecified atom stereocenters. The second kappa shape index (κ2) is 6.69. The predicted molar refractivity (Wildman–Crippen MR) is 84.2 cm³/mol. The average Bonchev–Trinajstić information content (AvgIpc) is 3.11. The van der Waals surface area contributed by atoms with Crippen molar-refractivity contribution in [3.8, 4) is 0 Å². The number of hydrogen-bond donors (Lipinski definition) is 2. The van der Waals surface area contributed by atoms with E-state index in [1.54, 1.807) is 0 Å². The summed E-state index contributed by atoms with van der Waals surface area (Å²) in [5.41, 5.74) is 0.839. The first kappa shape index (κ1) is 15.3. The van der Waals surface area contributed by atoms with Gasteiger partial charge >= 0.3 is 6.09 Å². The zero-order valence-electron chi connectivity index (χ0n) is 13.0. The van der Waals surface area contributed by atoms with Crippen LogP contribution in [0.2, 0.25) is 0 Å². The molecule has 2 fully saturated rings. The molecule has 2 aliphatic carbocycles. The van der Waals surface area contributed by atoms with E-state index in [4.69, 9.17) is 4.74 Å². The Bertz CT molecular complexity index is 490. The third kappa shape index (κ3) is 3.43. The van der Waals surface area contributed by atoms with E-state index in [0.29, 0.717) is 6.54 Å². The zero-order chi connectivity index (χ0) is 15.4.